The molecule has 0 N–H and O–H groups in total. The molecule has 0 unspecified atom stereocenters. The van der Waals surface area contributed by atoms with Gasteiger partial charge in [0.25, 0.3) is 0 Å². The van der Waals surface area contributed by atoms with Crippen molar-refractivity contribution in [1.29, 1.82) is 0 Å². The fraction of sp³-hybridized carbons (Fsp3) is 0.444. The second kappa shape index (κ2) is 9.09. The molecule has 0 bridgehead atoms. The summed E-state index contributed by atoms with van der Waals surface area (Å²) in [6.07, 6.45) is 6.32. The number of methoxy groups -OCH3 is 2. The molecule has 20 heavy (non-hydrogen) atoms. The summed E-state index contributed by atoms with van der Waals surface area (Å²) in [6.45, 7) is 4.05. The van der Waals surface area contributed by atoms with Gasteiger partial charge in [0, 0.05) is 12.5 Å². The maximum Gasteiger partial charge on any atom is 0.122 e. The van der Waals surface area contributed by atoms with Gasteiger partial charge in [0.05, 0.1) is 14.2 Å². The van der Waals surface area contributed by atoms with E-state index < -0.39 is 0 Å². The molecule has 0 aliphatic heterocycles. The summed E-state index contributed by atoms with van der Waals surface area (Å²) in [5, 5.41) is 0. The summed E-state index contributed by atoms with van der Waals surface area (Å²) in [5.74, 6) is 7.71. The van der Waals surface area contributed by atoms with E-state index in [1.54, 1.807) is 14.2 Å². The summed E-state index contributed by atoms with van der Waals surface area (Å²) in [4.78, 5) is 0. The van der Waals surface area contributed by atoms with Crippen molar-refractivity contribution < 1.29 is 9.47 Å². The molecule has 0 saturated carbocycles. The predicted octanol–water partition coefficient (Wildman–Crippen LogP) is 4.39. The molecule has 0 aliphatic rings. The quantitative estimate of drug-likeness (QED) is 0.541. The number of rotatable bonds is 7. The molecule has 0 radical (unpaired) electrons. The highest BCUT2D eigenvalue weighted by molar-refractivity contribution is 5.38. The van der Waals surface area contributed by atoms with Gasteiger partial charge in [0.2, 0.25) is 0 Å². The minimum absolute atomic E-state index is 0.846. The molecule has 0 aromatic heterocycles. The lowest BCUT2D eigenvalue weighted by Crippen LogP contribution is -1.91. The maximum absolute atomic E-state index is 5.28. The van der Waals surface area contributed by atoms with E-state index in [2.05, 4.69) is 37.0 Å². The smallest absolute Gasteiger partial charge is 0.122 e. The molecule has 1 aromatic carbocycles. The number of aryl methyl sites for hydroxylation is 1. The second-order valence-electron chi connectivity index (χ2n) is 4.74. The van der Waals surface area contributed by atoms with Crippen LogP contribution in [0.2, 0.25) is 0 Å². The van der Waals surface area contributed by atoms with Gasteiger partial charge in [-0.1, -0.05) is 11.6 Å². The molecule has 0 heterocycles. The second-order valence-corrected chi connectivity index (χ2v) is 4.74. The first-order chi connectivity index (χ1) is 9.69. The van der Waals surface area contributed by atoms with Gasteiger partial charge in [-0.05, 0) is 50.8 Å². The van der Waals surface area contributed by atoms with Crippen LogP contribution in [0.1, 0.15) is 38.7 Å². The van der Waals surface area contributed by atoms with Crippen molar-refractivity contribution in [3.05, 3.63) is 35.4 Å². The van der Waals surface area contributed by atoms with Gasteiger partial charge in [0.15, 0.2) is 0 Å². The van der Waals surface area contributed by atoms with Crippen molar-refractivity contribution in [3.8, 4) is 23.3 Å². The predicted molar refractivity (Wildman–Crippen MR) is 84.3 cm³/mol. The number of hydrogen-bond acceptors (Lipinski definition) is 2. The Hall–Kier alpha value is -1.88. The molecule has 1 aromatic rings. The molecular weight excluding hydrogens is 248 g/mol. The summed E-state index contributed by atoms with van der Waals surface area (Å²) in [7, 11) is 3.36. The van der Waals surface area contributed by atoms with Crippen molar-refractivity contribution in [2.45, 2.75) is 39.5 Å². The third-order valence-corrected chi connectivity index (χ3v) is 3.16. The minimum Gasteiger partial charge on any atom is -0.497 e. The lowest BCUT2D eigenvalue weighted by molar-refractivity contribution is 0.393. The highest BCUT2D eigenvalue weighted by Gasteiger charge is 2.01. The Morgan fingerprint density at radius 3 is 2.35 bits per heavy atom. The van der Waals surface area contributed by atoms with Crippen LogP contribution in [0.15, 0.2) is 29.8 Å². The Morgan fingerprint density at radius 2 is 1.80 bits per heavy atom. The average molecular weight is 272 g/mol. The number of benzene rings is 1. The van der Waals surface area contributed by atoms with Gasteiger partial charge in [-0.25, -0.2) is 0 Å². The first-order valence-electron chi connectivity index (χ1n) is 6.96. The molecule has 0 saturated heterocycles. The van der Waals surface area contributed by atoms with Crippen molar-refractivity contribution in [3.63, 3.8) is 0 Å². The van der Waals surface area contributed by atoms with Crippen LogP contribution in [-0.2, 0) is 6.42 Å². The molecule has 0 spiro atoms. The van der Waals surface area contributed by atoms with Gasteiger partial charge in [-0.3, -0.25) is 0 Å². The Kier molecular flexibility index (Phi) is 7.35. The van der Waals surface area contributed by atoms with E-state index >= 15 is 0 Å². The van der Waals surface area contributed by atoms with E-state index in [1.807, 2.05) is 13.0 Å². The zero-order valence-electron chi connectivity index (χ0n) is 13.0. The van der Waals surface area contributed by atoms with Crippen LogP contribution in [0.3, 0.4) is 0 Å². The molecule has 0 aliphatic carbocycles. The first kappa shape index (κ1) is 16.2. The monoisotopic (exact) mass is 272 g/mol. The van der Waals surface area contributed by atoms with Gasteiger partial charge in [-0.2, -0.15) is 0 Å². The Bertz CT molecular complexity index is 482. The number of hydrogen-bond donors (Lipinski definition) is 0. The van der Waals surface area contributed by atoms with Crippen LogP contribution in [-0.4, -0.2) is 14.2 Å². The Morgan fingerprint density at radius 1 is 1.15 bits per heavy atom. The van der Waals surface area contributed by atoms with Crippen LogP contribution >= 0.6 is 0 Å². The highest BCUT2D eigenvalue weighted by atomic mass is 16.5. The zero-order valence-corrected chi connectivity index (χ0v) is 13.0. The van der Waals surface area contributed by atoms with E-state index in [4.69, 9.17) is 9.47 Å². The molecular formula is C18H24O2. The van der Waals surface area contributed by atoms with Crippen LogP contribution in [0.25, 0.3) is 0 Å². The molecule has 108 valence electrons. The van der Waals surface area contributed by atoms with Crippen LogP contribution in [0, 0.1) is 11.8 Å². The molecule has 1 rings (SSSR count). The third-order valence-electron chi connectivity index (χ3n) is 3.16. The van der Waals surface area contributed by atoms with Gasteiger partial charge in [-0.15, -0.1) is 11.8 Å². The lowest BCUT2D eigenvalue weighted by atomic mass is 10.1. The van der Waals surface area contributed by atoms with Gasteiger partial charge in [0.1, 0.15) is 11.5 Å². The van der Waals surface area contributed by atoms with Crippen LogP contribution < -0.4 is 9.47 Å². The highest BCUT2D eigenvalue weighted by Crippen LogP contribution is 2.23. The fourth-order valence-corrected chi connectivity index (χ4v) is 1.98. The summed E-state index contributed by atoms with van der Waals surface area (Å²) >= 11 is 0. The lowest BCUT2D eigenvalue weighted by Gasteiger charge is -2.07. The Labute approximate surface area is 122 Å². The van der Waals surface area contributed by atoms with Gasteiger partial charge < -0.3 is 9.47 Å². The SMILES string of the molecule is CC#CCCC(C)=CCCc1cc(OC)cc(OC)c1. The summed E-state index contributed by atoms with van der Waals surface area (Å²) < 4.78 is 10.6. The van der Waals surface area contributed by atoms with E-state index in [-0.39, 0.29) is 0 Å². The van der Waals surface area contributed by atoms with E-state index in [0.29, 0.717) is 0 Å². The van der Waals surface area contributed by atoms with E-state index in [1.165, 1.54) is 11.1 Å². The van der Waals surface area contributed by atoms with Crippen molar-refractivity contribution in [1.82, 2.24) is 0 Å². The van der Waals surface area contributed by atoms with Crippen molar-refractivity contribution in [2.24, 2.45) is 0 Å². The van der Waals surface area contributed by atoms with Crippen molar-refractivity contribution >= 4 is 0 Å². The van der Waals surface area contributed by atoms with Crippen LogP contribution in [0.4, 0.5) is 0 Å². The number of allylic oxidation sites excluding steroid dienone is 2. The molecule has 0 atom stereocenters. The Balaban J connectivity index is 2.55. The first-order valence-corrected chi connectivity index (χ1v) is 6.96. The summed E-state index contributed by atoms with van der Waals surface area (Å²) in [6, 6.07) is 6.02. The maximum atomic E-state index is 5.28. The van der Waals surface area contributed by atoms with E-state index in [0.717, 1.165) is 37.2 Å². The van der Waals surface area contributed by atoms with E-state index in [9.17, 15) is 0 Å². The minimum atomic E-state index is 0.846. The molecule has 2 nitrogen and oxygen atoms in total. The van der Waals surface area contributed by atoms with Crippen LogP contribution in [0.5, 0.6) is 11.5 Å². The third kappa shape index (κ3) is 5.84. The largest absolute Gasteiger partial charge is 0.497 e. The molecule has 0 amide bonds. The average Bonchev–Trinajstić information content (AvgIpc) is 2.47. The molecule has 0 fully saturated rings. The normalized spacial score (nSPS) is 10.7. The molecule has 2 heteroatoms. The number of ether oxygens (including phenoxy) is 2. The topological polar surface area (TPSA) is 18.5 Å². The van der Waals surface area contributed by atoms with Gasteiger partial charge >= 0.3 is 0 Å². The summed E-state index contributed by atoms with van der Waals surface area (Å²) in [5.41, 5.74) is 2.64. The standard InChI is InChI=1S/C18H24O2/c1-5-6-7-9-15(2)10-8-11-16-12-17(19-3)14-18(13-16)20-4/h10,12-14H,7-9,11H2,1-4H3. The van der Waals surface area contributed by atoms with Crippen molar-refractivity contribution in [2.75, 3.05) is 14.2 Å². The zero-order chi connectivity index (χ0) is 14.8. The fourth-order valence-electron chi connectivity index (χ4n) is 1.98.